The molecular weight excluding hydrogens is 284 g/mol. The van der Waals surface area contributed by atoms with Crippen molar-refractivity contribution in [2.24, 2.45) is 0 Å². The fourth-order valence-corrected chi connectivity index (χ4v) is 2.95. The van der Waals surface area contributed by atoms with Gasteiger partial charge < -0.3 is 5.32 Å². The standard InChI is InChI=1S/C15H20N4OS/c1-4-19(12(3)20)15-18-14(10-21-15)9-17-8-13-5-6-16-7-11(13)2/h5-7,10,17H,4,8-9H2,1-3H3. The van der Waals surface area contributed by atoms with E-state index in [1.807, 2.05) is 24.6 Å². The Kier molecular flexibility index (Phi) is 5.41. The lowest BCUT2D eigenvalue weighted by atomic mass is 10.1. The smallest absolute Gasteiger partial charge is 0.225 e. The van der Waals surface area contributed by atoms with Crippen LogP contribution in [0.15, 0.2) is 23.8 Å². The molecule has 0 saturated carbocycles. The lowest BCUT2D eigenvalue weighted by Crippen LogP contribution is -2.27. The highest BCUT2D eigenvalue weighted by atomic mass is 32.1. The highest BCUT2D eigenvalue weighted by molar-refractivity contribution is 7.14. The van der Waals surface area contributed by atoms with Gasteiger partial charge in [-0.1, -0.05) is 0 Å². The SMILES string of the molecule is CCN(C(C)=O)c1nc(CNCc2ccncc2C)cs1. The molecule has 0 fully saturated rings. The Morgan fingerprint density at radius 2 is 2.24 bits per heavy atom. The molecule has 2 aromatic heterocycles. The Morgan fingerprint density at radius 3 is 2.90 bits per heavy atom. The van der Waals surface area contributed by atoms with Gasteiger partial charge in [0.1, 0.15) is 0 Å². The largest absolute Gasteiger partial charge is 0.307 e. The predicted octanol–water partition coefficient (Wildman–Crippen LogP) is 2.51. The van der Waals surface area contributed by atoms with Gasteiger partial charge in [-0.25, -0.2) is 4.98 Å². The molecular formula is C15H20N4OS. The minimum Gasteiger partial charge on any atom is -0.307 e. The van der Waals surface area contributed by atoms with Gasteiger partial charge >= 0.3 is 0 Å². The summed E-state index contributed by atoms with van der Waals surface area (Å²) in [5.74, 6) is 0.0266. The Balaban J connectivity index is 1.91. The van der Waals surface area contributed by atoms with Crippen molar-refractivity contribution in [2.45, 2.75) is 33.9 Å². The fraction of sp³-hybridized carbons (Fsp3) is 0.400. The van der Waals surface area contributed by atoms with E-state index in [0.717, 1.165) is 17.4 Å². The minimum absolute atomic E-state index is 0.0266. The Hall–Kier alpha value is -1.79. The molecule has 0 aliphatic heterocycles. The third-order valence-electron chi connectivity index (χ3n) is 3.22. The van der Waals surface area contributed by atoms with E-state index in [0.29, 0.717) is 13.1 Å². The van der Waals surface area contributed by atoms with Crippen molar-refractivity contribution >= 4 is 22.4 Å². The third-order valence-corrected chi connectivity index (χ3v) is 4.14. The second kappa shape index (κ2) is 7.28. The van der Waals surface area contributed by atoms with Gasteiger partial charge in [-0.3, -0.25) is 14.7 Å². The quantitative estimate of drug-likeness (QED) is 0.891. The summed E-state index contributed by atoms with van der Waals surface area (Å²) >= 11 is 1.50. The zero-order chi connectivity index (χ0) is 15.2. The van der Waals surface area contributed by atoms with E-state index < -0.39 is 0 Å². The van der Waals surface area contributed by atoms with Crippen LogP contribution in [0, 0.1) is 6.92 Å². The zero-order valence-corrected chi connectivity index (χ0v) is 13.4. The molecule has 1 N–H and O–H groups in total. The van der Waals surface area contributed by atoms with Crippen LogP contribution in [0.5, 0.6) is 0 Å². The topological polar surface area (TPSA) is 58.1 Å². The molecule has 0 bridgehead atoms. The van der Waals surface area contributed by atoms with Crippen LogP contribution in [0.25, 0.3) is 0 Å². The molecule has 2 rings (SSSR count). The molecule has 1 amide bonds. The number of pyridine rings is 1. The van der Waals surface area contributed by atoms with Gasteiger partial charge in [-0.05, 0) is 31.0 Å². The number of aryl methyl sites for hydroxylation is 1. The summed E-state index contributed by atoms with van der Waals surface area (Å²) in [7, 11) is 0. The van der Waals surface area contributed by atoms with E-state index in [4.69, 9.17) is 0 Å². The summed E-state index contributed by atoms with van der Waals surface area (Å²) in [6.45, 7) is 7.68. The number of aromatic nitrogens is 2. The van der Waals surface area contributed by atoms with Crippen molar-refractivity contribution in [3.8, 4) is 0 Å². The fourth-order valence-electron chi connectivity index (χ4n) is 2.02. The van der Waals surface area contributed by atoms with Gasteiger partial charge in [0.2, 0.25) is 5.91 Å². The Morgan fingerprint density at radius 1 is 1.43 bits per heavy atom. The summed E-state index contributed by atoms with van der Waals surface area (Å²) in [5.41, 5.74) is 3.37. The van der Waals surface area contributed by atoms with E-state index in [2.05, 4.69) is 22.2 Å². The normalized spacial score (nSPS) is 10.6. The van der Waals surface area contributed by atoms with Crippen LogP contribution in [-0.4, -0.2) is 22.4 Å². The summed E-state index contributed by atoms with van der Waals surface area (Å²) in [6.07, 6.45) is 3.67. The van der Waals surface area contributed by atoms with E-state index in [9.17, 15) is 4.79 Å². The number of hydrogen-bond acceptors (Lipinski definition) is 5. The summed E-state index contributed by atoms with van der Waals surface area (Å²) in [4.78, 5) is 21.8. The maximum atomic E-state index is 11.5. The van der Waals surface area contributed by atoms with Crippen LogP contribution in [0.3, 0.4) is 0 Å². The number of anilines is 1. The summed E-state index contributed by atoms with van der Waals surface area (Å²) < 4.78 is 0. The van der Waals surface area contributed by atoms with Crippen LogP contribution < -0.4 is 10.2 Å². The Bertz CT molecular complexity index is 611. The van der Waals surface area contributed by atoms with Gasteiger partial charge in [0.05, 0.1) is 5.69 Å². The number of nitrogens with one attached hydrogen (secondary N) is 1. The van der Waals surface area contributed by atoms with Crippen LogP contribution in [-0.2, 0) is 17.9 Å². The molecule has 21 heavy (non-hydrogen) atoms. The predicted molar refractivity (Wildman–Crippen MR) is 85.3 cm³/mol. The van der Waals surface area contributed by atoms with Gasteiger partial charge in [0.25, 0.3) is 0 Å². The van der Waals surface area contributed by atoms with Crippen LogP contribution in [0.4, 0.5) is 5.13 Å². The van der Waals surface area contributed by atoms with Crippen molar-refractivity contribution in [3.63, 3.8) is 0 Å². The maximum Gasteiger partial charge on any atom is 0.225 e. The first-order valence-electron chi connectivity index (χ1n) is 6.94. The van der Waals surface area contributed by atoms with Gasteiger partial charge in [-0.2, -0.15) is 0 Å². The van der Waals surface area contributed by atoms with Gasteiger partial charge in [-0.15, -0.1) is 11.3 Å². The summed E-state index contributed by atoms with van der Waals surface area (Å²) in [6, 6.07) is 2.02. The first-order valence-corrected chi connectivity index (χ1v) is 7.82. The number of hydrogen-bond donors (Lipinski definition) is 1. The molecule has 2 heterocycles. The molecule has 0 atom stereocenters. The minimum atomic E-state index is 0.0266. The van der Waals surface area contributed by atoms with Gasteiger partial charge in [0, 0.05) is 44.3 Å². The summed E-state index contributed by atoms with van der Waals surface area (Å²) in [5, 5.41) is 6.13. The number of carbonyl (C=O) groups is 1. The van der Waals surface area contributed by atoms with Crippen LogP contribution in [0.2, 0.25) is 0 Å². The van der Waals surface area contributed by atoms with Crippen molar-refractivity contribution in [1.29, 1.82) is 0 Å². The van der Waals surface area contributed by atoms with Crippen molar-refractivity contribution in [2.75, 3.05) is 11.4 Å². The van der Waals surface area contributed by atoms with Crippen LogP contribution >= 0.6 is 11.3 Å². The molecule has 112 valence electrons. The number of amides is 1. The first-order chi connectivity index (χ1) is 10.1. The average molecular weight is 304 g/mol. The molecule has 0 unspecified atom stereocenters. The van der Waals surface area contributed by atoms with E-state index in [-0.39, 0.29) is 5.91 Å². The number of rotatable bonds is 6. The maximum absolute atomic E-state index is 11.5. The number of nitrogens with zero attached hydrogens (tertiary/aromatic N) is 3. The molecule has 0 saturated heterocycles. The number of carbonyl (C=O) groups excluding carboxylic acids is 1. The second-order valence-corrected chi connectivity index (χ2v) is 5.63. The number of thiazole rings is 1. The third kappa shape index (κ3) is 4.09. The Labute approximate surface area is 129 Å². The molecule has 0 aliphatic carbocycles. The van der Waals surface area contributed by atoms with E-state index >= 15 is 0 Å². The highest BCUT2D eigenvalue weighted by Crippen LogP contribution is 2.20. The zero-order valence-electron chi connectivity index (χ0n) is 12.6. The highest BCUT2D eigenvalue weighted by Gasteiger charge is 2.13. The van der Waals surface area contributed by atoms with Gasteiger partial charge in [0.15, 0.2) is 5.13 Å². The molecule has 0 aliphatic rings. The molecule has 2 aromatic rings. The van der Waals surface area contributed by atoms with Crippen molar-refractivity contribution in [3.05, 3.63) is 40.7 Å². The van der Waals surface area contributed by atoms with E-state index in [1.165, 1.54) is 22.5 Å². The van der Waals surface area contributed by atoms with Crippen LogP contribution in [0.1, 0.15) is 30.7 Å². The van der Waals surface area contributed by atoms with E-state index in [1.54, 1.807) is 18.0 Å². The second-order valence-electron chi connectivity index (χ2n) is 4.79. The lowest BCUT2D eigenvalue weighted by Gasteiger charge is -2.14. The average Bonchev–Trinajstić information content (AvgIpc) is 2.90. The molecule has 0 aromatic carbocycles. The molecule has 5 nitrogen and oxygen atoms in total. The lowest BCUT2D eigenvalue weighted by molar-refractivity contribution is -0.116. The molecule has 6 heteroatoms. The molecule has 0 spiro atoms. The molecule has 0 radical (unpaired) electrons. The van der Waals surface area contributed by atoms with Crippen molar-refractivity contribution < 1.29 is 4.79 Å². The monoisotopic (exact) mass is 304 g/mol. The first kappa shape index (κ1) is 15.6. The van der Waals surface area contributed by atoms with Crippen molar-refractivity contribution in [1.82, 2.24) is 15.3 Å².